The molecule has 0 saturated heterocycles. The van der Waals surface area contributed by atoms with E-state index in [1.165, 1.54) is 0 Å². The van der Waals surface area contributed by atoms with Gasteiger partial charge in [-0.2, -0.15) is 0 Å². The summed E-state index contributed by atoms with van der Waals surface area (Å²) in [6.07, 6.45) is 0.774. The third-order valence-corrected chi connectivity index (χ3v) is 3.58. The Morgan fingerprint density at radius 1 is 1.48 bits per heavy atom. The van der Waals surface area contributed by atoms with Crippen molar-refractivity contribution in [3.8, 4) is 5.75 Å². The van der Waals surface area contributed by atoms with Gasteiger partial charge in [-0.3, -0.25) is 4.79 Å². The van der Waals surface area contributed by atoms with E-state index in [0.29, 0.717) is 0 Å². The minimum absolute atomic E-state index is 0.0927. The summed E-state index contributed by atoms with van der Waals surface area (Å²) < 4.78 is 5.92. The van der Waals surface area contributed by atoms with Gasteiger partial charge >= 0.3 is 5.97 Å². The Morgan fingerprint density at radius 2 is 2.19 bits per heavy atom. The Balaban J connectivity index is 2.01. The minimum atomic E-state index is -0.829. The molecule has 1 aromatic carbocycles. The van der Waals surface area contributed by atoms with Gasteiger partial charge < -0.3 is 20.5 Å². The van der Waals surface area contributed by atoms with Gasteiger partial charge in [0.2, 0.25) is 0 Å². The van der Waals surface area contributed by atoms with Gasteiger partial charge in [-0.15, -0.1) is 0 Å². The second-order valence-electron chi connectivity index (χ2n) is 6.38. The fourth-order valence-corrected chi connectivity index (χ4v) is 2.48. The first-order valence-corrected chi connectivity index (χ1v) is 7.31. The number of anilines is 1. The summed E-state index contributed by atoms with van der Waals surface area (Å²) in [5, 5.41) is 15.4. The monoisotopic (exact) mass is 292 g/mol. The lowest BCUT2D eigenvalue weighted by molar-refractivity contribution is -0.139. The highest BCUT2D eigenvalue weighted by Crippen LogP contribution is 2.33. The number of rotatable bonds is 5. The van der Waals surface area contributed by atoms with Gasteiger partial charge in [-0.1, -0.05) is 6.07 Å². The highest BCUT2D eigenvalue weighted by Gasteiger charge is 2.26. The van der Waals surface area contributed by atoms with E-state index in [4.69, 9.17) is 9.84 Å². The number of carboxylic acid groups (broad SMARTS) is 1. The first kappa shape index (κ1) is 15.6. The maximum Gasteiger partial charge on any atom is 0.320 e. The summed E-state index contributed by atoms with van der Waals surface area (Å²) >= 11 is 0. The maximum absolute atomic E-state index is 10.9. The molecule has 0 aromatic heterocycles. The van der Waals surface area contributed by atoms with Crippen LogP contribution in [0.5, 0.6) is 5.75 Å². The molecule has 0 aliphatic carbocycles. The van der Waals surface area contributed by atoms with E-state index in [2.05, 4.69) is 30.5 Å². The van der Waals surface area contributed by atoms with E-state index in [9.17, 15) is 4.79 Å². The summed E-state index contributed by atoms with van der Waals surface area (Å²) in [4.78, 5) is 10.9. The third kappa shape index (κ3) is 4.11. The van der Waals surface area contributed by atoms with Crippen LogP contribution in [0.15, 0.2) is 18.2 Å². The van der Waals surface area contributed by atoms with E-state index in [0.717, 1.165) is 30.0 Å². The number of hydrogen-bond donors (Lipinski definition) is 3. The summed E-state index contributed by atoms with van der Waals surface area (Å²) in [5.74, 6) is 0.0408. The van der Waals surface area contributed by atoms with Crippen LogP contribution in [0.3, 0.4) is 0 Å². The third-order valence-electron chi connectivity index (χ3n) is 3.58. The predicted octanol–water partition coefficient (Wildman–Crippen LogP) is 2.26. The fraction of sp³-hybridized carbons (Fsp3) is 0.562. The van der Waals surface area contributed by atoms with Crippen molar-refractivity contribution in [3.05, 3.63) is 23.8 Å². The second kappa shape index (κ2) is 5.93. The average molecular weight is 292 g/mol. The van der Waals surface area contributed by atoms with Crippen LogP contribution in [0.4, 0.5) is 5.69 Å². The molecule has 3 N–H and O–H groups in total. The maximum atomic E-state index is 10.9. The molecule has 0 radical (unpaired) electrons. The lowest BCUT2D eigenvalue weighted by atomic mass is 10.0. The van der Waals surface area contributed by atoms with E-state index in [-0.39, 0.29) is 11.6 Å². The van der Waals surface area contributed by atoms with Crippen LogP contribution in [-0.2, 0) is 11.2 Å². The van der Waals surface area contributed by atoms with Crippen molar-refractivity contribution in [1.82, 2.24) is 5.32 Å². The van der Waals surface area contributed by atoms with Crippen LogP contribution in [0.1, 0.15) is 33.3 Å². The largest absolute Gasteiger partial charge is 0.484 e. The molecular weight excluding hydrogens is 268 g/mol. The van der Waals surface area contributed by atoms with E-state index >= 15 is 0 Å². The van der Waals surface area contributed by atoms with Crippen LogP contribution in [0.2, 0.25) is 0 Å². The molecule has 0 amide bonds. The Morgan fingerprint density at radius 3 is 2.86 bits per heavy atom. The highest BCUT2D eigenvalue weighted by atomic mass is 16.5. The van der Waals surface area contributed by atoms with Gasteiger partial charge in [-0.05, 0) is 51.8 Å². The molecule has 2 unspecified atom stereocenters. The molecule has 1 aliphatic heterocycles. The van der Waals surface area contributed by atoms with Crippen LogP contribution in [-0.4, -0.2) is 35.3 Å². The average Bonchev–Trinajstić information content (AvgIpc) is 2.38. The van der Waals surface area contributed by atoms with Crippen molar-refractivity contribution >= 4 is 11.7 Å². The molecular formula is C16H24N2O3. The van der Waals surface area contributed by atoms with Gasteiger partial charge in [0.05, 0.1) is 12.2 Å². The molecule has 0 saturated carbocycles. The summed E-state index contributed by atoms with van der Waals surface area (Å²) in [5.41, 5.74) is 1.97. The number of hydrogen-bond acceptors (Lipinski definition) is 4. The van der Waals surface area contributed by atoms with Crippen molar-refractivity contribution in [1.29, 1.82) is 0 Å². The van der Waals surface area contributed by atoms with Crippen molar-refractivity contribution in [2.75, 3.05) is 11.9 Å². The van der Waals surface area contributed by atoms with Crippen LogP contribution in [0.25, 0.3) is 0 Å². The topological polar surface area (TPSA) is 70.6 Å². The van der Waals surface area contributed by atoms with Crippen molar-refractivity contribution in [2.24, 2.45) is 0 Å². The van der Waals surface area contributed by atoms with E-state index in [1.54, 1.807) is 6.92 Å². The molecule has 1 heterocycles. The van der Waals surface area contributed by atoms with E-state index < -0.39 is 12.0 Å². The Labute approximate surface area is 125 Å². The number of carbonyl (C=O) groups is 1. The quantitative estimate of drug-likeness (QED) is 0.776. The van der Waals surface area contributed by atoms with Gasteiger partial charge in [0.15, 0.2) is 0 Å². The first-order chi connectivity index (χ1) is 9.77. The zero-order valence-corrected chi connectivity index (χ0v) is 13.1. The van der Waals surface area contributed by atoms with E-state index in [1.807, 2.05) is 19.1 Å². The smallest absolute Gasteiger partial charge is 0.320 e. The molecule has 0 bridgehead atoms. The summed E-state index contributed by atoms with van der Waals surface area (Å²) in [6.45, 7) is 8.52. The molecule has 2 atom stereocenters. The van der Waals surface area contributed by atoms with Crippen LogP contribution in [0, 0.1) is 0 Å². The van der Waals surface area contributed by atoms with Gasteiger partial charge in [0, 0.05) is 6.04 Å². The molecule has 0 fully saturated rings. The number of aliphatic carboxylic acids is 1. The number of ether oxygens (including phenoxy) is 1. The molecule has 5 heteroatoms. The molecule has 1 aliphatic rings. The van der Waals surface area contributed by atoms with Crippen LogP contribution < -0.4 is 15.4 Å². The Kier molecular flexibility index (Phi) is 4.42. The lowest BCUT2D eigenvalue weighted by Gasteiger charge is -2.33. The molecule has 116 valence electrons. The van der Waals surface area contributed by atoms with Crippen molar-refractivity contribution in [2.45, 2.75) is 51.8 Å². The SMILES string of the molecule is CC(Cc1ccc2c(c1)NCC(C)(C)O2)NC(C)C(=O)O. The second-order valence-corrected chi connectivity index (χ2v) is 6.38. The standard InChI is InChI=1S/C16H24N2O3/c1-10(18-11(2)15(19)20)7-12-5-6-14-13(8-12)17-9-16(3,4)21-14/h5-6,8,10-11,17-18H,7,9H2,1-4H3,(H,19,20). The number of benzene rings is 1. The zero-order chi connectivity index (χ0) is 15.6. The first-order valence-electron chi connectivity index (χ1n) is 7.31. The van der Waals surface area contributed by atoms with Gasteiger partial charge in [0.25, 0.3) is 0 Å². The molecule has 5 nitrogen and oxygen atoms in total. The van der Waals surface area contributed by atoms with Gasteiger partial charge in [-0.25, -0.2) is 0 Å². The normalized spacial score (nSPS) is 18.9. The minimum Gasteiger partial charge on any atom is -0.484 e. The summed E-state index contributed by atoms with van der Waals surface area (Å²) in [7, 11) is 0. The van der Waals surface area contributed by atoms with Crippen molar-refractivity contribution in [3.63, 3.8) is 0 Å². The summed E-state index contributed by atoms with van der Waals surface area (Å²) in [6, 6.07) is 5.64. The molecule has 21 heavy (non-hydrogen) atoms. The fourth-order valence-electron chi connectivity index (χ4n) is 2.48. The van der Waals surface area contributed by atoms with Gasteiger partial charge in [0.1, 0.15) is 17.4 Å². The Bertz CT molecular complexity index is 528. The molecule has 1 aromatic rings. The Hall–Kier alpha value is -1.75. The molecule has 0 spiro atoms. The van der Waals surface area contributed by atoms with Crippen molar-refractivity contribution < 1.29 is 14.6 Å². The predicted molar refractivity (Wildman–Crippen MR) is 83.0 cm³/mol. The number of carboxylic acids is 1. The number of fused-ring (bicyclic) bond motifs is 1. The number of nitrogens with one attached hydrogen (secondary N) is 2. The zero-order valence-electron chi connectivity index (χ0n) is 13.1. The highest BCUT2D eigenvalue weighted by molar-refractivity contribution is 5.72. The lowest BCUT2D eigenvalue weighted by Crippen LogP contribution is -2.41. The van der Waals surface area contributed by atoms with Crippen LogP contribution >= 0.6 is 0 Å². The molecule has 2 rings (SSSR count).